The van der Waals surface area contributed by atoms with Crippen LogP contribution in [0.1, 0.15) is 30.6 Å². The molecule has 0 radical (unpaired) electrons. The second-order valence-electron chi connectivity index (χ2n) is 4.26. The van der Waals surface area contributed by atoms with E-state index in [9.17, 15) is 14.7 Å². The molecule has 0 saturated carbocycles. The highest BCUT2D eigenvalue weighted by Gasteiger charge is 2.12. The van der Waals surface area contributed by atoms with E-state index >= 15 is 0 Å². The fourth-order valence-corrected chi connectivity index (χ4v) is 1.67. The molecule has 0 heterocycles. The van der Waals surface area contributed by atoms with Crippen molar-refractivity contribution in [2.75, 3.05) is 0 Å². The lowest BCUT2D eigenvalue weighted by Gasteiger charge is -2.09. The minimum atomic E-state index is -0.564. The number of benzene rings is 1. The number of hydrazine groups is 1. The molecule has 18 heavy (non-hydrogen) atoms. The van der Waals surface area contributed by atoms with Crippen LogP contribution in [0, 0.1) is 5.92 Å². The third-order valence-electron chi connectivity index (χ3n) is 2.11. The van der Waals surface area contributed by atoms with Crippen molar-refractivity contribution in [1.29, 1.82) is 0 Å². The summed E-state index contributed by atoms with van der Waals surface area (Å²) in [5.74, 6) is -0.770. The van der Waals surface area contributed by atoms with Crippen LogP contribution in [0.2, 0.25) is 0 Å². The summed E-state index contributed by atoms with van der Waals surface area (Å²) in [5, 5.41) is 9.52. The molecule has 0 atom stereocenters. The third kappa shape index (κ3) is 4.37. The number of phenolic OH excluding ortho intramolecular Hbond substituents is 1. The Hall–Kier alpha value is -1.56. The second-order valence-corrected chi connectivity index (χ2v) is 5.18. The van der Waals surface area contributed by atoms with Gasteiger partial charge in [0.25, 0.3) is 5.91 Å². The lowest BCUT2D eigenvalue weighted by molar-refractivity contribution is -0.122. The summed E-state index contributed by atoms with van der Waals surface area (Å²) in [4.78, 5) is 23.0. The molecule has 0 fully saturated rings. The van der Waals surface area contributed by atoms with E-state index in [1.807, 2.05) is 13.8 Å². The fraction of sp³-hybridized carbons (Fsp3) is 0.333. The summed E-state index contributed by atoms with van der Waals surface area (Å²) in [6.07, 6.45) is 0.324. The Morgan fingerprint density at radius 2 is 2.00 bits per heavy atom. The molecule has 0 spiro atoms. The molecule has 98 valence electrons. The topological polar surface area (TPSA) is 78.4 Å². The van der Waals surface area contributed by atoms with Crippen LogP contribution in [0.25, 0.3) is 0 Å². The molecule has 0 saturated heterocycles. The van der Waals surface area contributed by atoms with Gasteiger partial charge < -0.3 is 5.11 Å². The predicted octanol–water partition coefficient (Wildman–Crippen LogP) is 1.96. The zero-order chi connectivity index (χ0) is 13.7. The highest BCUT2D eigenvalue weighted by Crippen LogP contribution is 2.21. The summed E-state index contributed by atoms with van der Waals surface area (Å²) < 4.78 is 0.666. The average molecular weight is 315 g/mol. The maximum absolute atomic E-state index is 11.7. The van der Waals surface area contributed by atoms with Crippen LogP contribution in [-0.4, -0.2) is 16.9 Å². The maximum atomic E-state index is 11.7. The van der Waals surface area contributed by atoms with Crippen molar-refractivity contribution in [3.8, 4) is 5.75 Å². The van der Waals surface area contributed by atoms with E-state index < -0.39 is 5.91 Å². The van der Waals surface area contributed by atoms with Gasteiger partial charge in [-0.3, -0.25) is 20.4 Å². The number of aromatic hydroxyl groups is 1. The molecule has 5 nitrogen and oxygen atoms in total. The molecule has 1 aromatic rings. The van der Waals surface area contributed by atoms with Crippen LogP contribution < -0.4 is 10.9 Å². The zero-order valence-electron chi connectivity index (χ0n) is 10.2. The lowest BCUT2D eigenvalue weighted by Crippen LogP contribution is -2.42. The standard InChI is InChI=1S/C12H15BrN2O3/c1-7(2)5-11(17)14-15-12(18)9-6-8(13)3-4-10(9)16/h3-4,6-7,16H,5H2,1-2H3,(H,14,17)(H,15,18). The van der Waals surface area contributed by atoms with E-state index in [0.29, 0.717) is 10.9 Å². The van der Waals surface area contributed by atoms with Gasteiger partial charge in [0, 0.05) is 10.9 Å². The summed E-state index contributed by atoms with van der Waals surface area (Å²) in [5.41, 5.74) is 4.64. The van der Waals surface area contributed by atoms with Crippen molar-refractivity contribution in [3.05, 3.63) is 28.2 Å². The number of carbonyl (C=O) groups excluding carboxylic acids is 2. The summed E-state index contributed by atoms with van der Waals surface area (Å²) in [6.45, 7) is 3.81. The van der Waals surface area contributed by atoms with Gasteiger partial charge in [-0.15, -0.1) is 0 Å². The van der Waals surface area contributed by atoms with Crippen molar-refractivity contribution in [1.82, 2.24) is 10.9 Å². The monoisotopic (exact) mass is 314 g/mol. The van der Waals surface area contributed by atoms with Gasteiger partial charge in [0.05, 0.1) is 5.56 Å². The SMILES string of the molecule is CC(C)CC(=O)NNC(=O)c1cc(Br)ccc1O. The van der Waals surface area contributed by atoms with Crippen LogP contribution in [0.15, 0.2) is 22.7 Å². The number of phenols is 1. The average Bonchev–Trinajstić information content (AvgIpc) is 2.28. The Labute approximate surface area is 114 Å². The van der Waals surface area contributed by atoms with Crippen molar-refractivity contribution >= 4 is 27.7 Å². The van der Waals surface area contributed by atoms with Gasteiger partial charge in [-0.1, -0.05) is 29.8 Å². The Morgan fingerprint density at radius 1 is 1.33 bits per heavy atom. The number of rotatable bonds is 3. The Morgan fingerprint density at radius 3 is 2.61 bits per heavy atom. The van der Waals surface area contributed by atoms with E-state index in [-0.39, 0.29) is 23.1 Å². The Balaban J connectivity index is 2.60. The molecule has 0 unspecified atom stereocenters. The van der Waals surface area contributed by atoms with Crippen LogP contribution >= 0.6 is 15.9 Å². The summed E-state index contributed by atoms with van der Waals surface area (Å²) in [7, 11) is 0. The van der Waals surface area contributed by atoms with Gasteiger partial charge in [0.1, 0.15) is 5.75 Å². The Kier molecular flexibility index (Phi) is 5.15. The van der Waals surface area contributed by atoms with Gasteiger partial charge in [-0.25, -0.2) is 0 Å². The third-order valence-corrected chi connectivity index (χ3v) is 2.61. The van der Waals surface area contributed by atoms with Crippen molar-refractivity contribution < 1.29 is 14.7 Å². The molecule has 1 aromatic carbocycles. The second kappa shape index (κ2) is 6.39. The van der Waals surface area contributed by atoms with Gasteiger partial charge in [0.2, 0.25) is 5.91 Å². The molecule has 0 aliphatic heterocycles. The molecule has 0 aliphatic rings. The smallest absolute Gasteiger partial charge is 0.273 e. The van der Waals surface area contributed by atoms with Gasteiger partial charge in [-0.05, 0) is 24.1 Å². The normalized spacial score (nSPS) is 10.2. The molecule has 0 aromatic heterocycles. The van der Waals surface area contributed by atoms with Crippen LogP contribution in [0.4, 0.5) is 0 Å². The van der Waals surface area contributed by atoms with Gasteiger partial charge in [-0.2, -0.15) is 0 Å². The Bertz CT molecular complexity index is 461. The molecule has 1 rings (SSSR count). The van der Waals surface area contributed by atoms with Crippen molar-refractivity contribution in [2.24, 2.45) is 5.92 Å². The quantitative estimate of drug-likeness (QED) is 0.746. The van der Waals surface area contributed by atoms with E-state index in [1.165, 1.54) is 12.1 Å². The number of amides is 2. The molecular weight excluding hydrogens is 300 g/mol. The molecule has 3 N–H and O–H groups in total. The number of halogens is 1. The number of hydrogen-bond donors (Lipinski definition) is 3. The highest BCUT2D eigenvalue weighted by atomic mass is 79.9. The van der Waals surface area contributed by atoms with Crippen LogP contribution in [0.5, 0.6) is 5.75 Å². The lowest BCUT2D eigenvalue weighted by atomic mass is 10.1. The zero-order valence-corrected chi connectivity index (χ0v) is 11.7. The van der Waals surface area contributed by atoms with Crippen LogP contribution in [-0.2, 0) is 4.79 Å². The highest BCUT2D eigenvalue weighted by molar-refractivity contribution is 9.10. The largest absolute Gasteiger partial charge is 0.507 e. The number of hydrogen-bond acceptors (Lipinski definition) is 3. The summed E-state index contributed by atoms with van der Waals surface area (Å²) >= 11 is 3.20. The first-order valence-electron chi connectivity index (χ1n) is 5.48. The van der Waals surface area contributed by atoms with Gasteiger partial charge in [0.15, 0.2) is 0 Å². The summed E-state index contributed by atoms with van der Waals surface area (Å²) in [6, 6.07) is 4.48. The van der Waals surface area contributed by atoms with E-state index in [4.69, 9.17) is 0 Å². The minimum absolute atomic E-state index is 0.0919. The molecule has 0 bridgehead atoms. The van der Waals surface area contributed by atoms with Gasteiger partial charge >= 0.3 is 0 Å². The number of carbonyl (C=O) groups is 2. The molecule has 2 amide bonds. The van der Waals surface area contributed by atoms with Crippen molar-refractivity contribution in [2.45, 2.75) is 20.3 Å². The first kappa shape index (κ1) is 14.5. The molecular formula is C12H15BrN2O3. The first-order chi connectivity index (χ1) is 8.40. The van der Waals surface area contributed by atoms with E-state index in [2.05, 4.69) is 26.8 Å². The maximum Gasteiger partial charge on any atom is 0.273 e. The minimum Gasteiger partial charge on any atom is -0.507 e. The fourth-order valence-electron chi connectivity index (χ4n) is 1.31. The van der Waals surface area contributed by atoms with Crippen LogP contribution in [0.3, 0.4) is 0 Å². The van der Waals surface area contributed by atoms with E-state index in [0.717, 1.165) is 0 Å². The predicted molar refractivity (Wildman–Crippen MR) is 70.9 cm³/mol. The molecule has 0 aliphatic carbocycles. The first-order valence-corrected chi connectivity index (χ1v) is 6.27. The van der Waals surface area contributed by atoms with Crippen molar-refractivity contribution in [3.63, 3.8) is 0 Å². The molecule has 6 heteroatoms. The number of nitrogens with one attached hydrogen (secondary N) is 2. The van der Waals surface area contributed by atoms with E-state index in [1.54, 1.807) is 6.07 Å².